The van der Waals surface area contributed by atoms with Gasteiger partial charge in [0, 0.05) is 37.8 Å². The van der Waals surface area contributed by atoms with Gasteiger partial charge in [0.15, 0.2) is 0 Å². The van der Waals surface area contributed by atoms with Crippen LogP contribution < -0.4 is 5.32 Å². The van der Waals surface area contributed by atoms with Gasteiger partial charge in [-0.25, -0.2) is 9.78 Å². The maximum Gasteiger partial charge on any atom is 0.317 e. The minimum Gasteiger partial charge on any atom is -0.381 e. The van der Waals surface area contributed by atoms with Crippen LogP contribution in [0.2, 0.25) is 0 Å². The van der Waals surface area contributed by atoms with Crippen molar-refractivity contribution in [3.05, 3.63) is 30.1 Å². The SMILES string of the molecule is CC(C)(C)c1nc2ccccc2n1C1CN(C(=O)NC2CCOCC2)C1. The van der Waals surface area contributed by atoms with Crippen LogP contribution in [-0.2, 0) is 10.2 Å². The highest BCUT2D eigenvalue weighted by atomic mass is 16.5. The fourth-order valence-electron chi connectivity index (χ4n) is 3.84. The van der Waals surface area contributed by atoms with Gasteiger partial charge < -0.3 is 19.5 Å². The van der Waals surface area contributed by atoms with Crippen LogP contribution in [0.1, 0.15) is 45.5 Å². The van der Waals surface area contributed by atoms with E-state index in [4.69, 9.17) is 9.72 Å². The van der Waals surface area contributed by atoms with Gasteiger partial charge in [-0.2, -0.15) is 0 Å². The van der Waals surface area contributed by atoms with E-state index in [1.807, 2.05) is 11.0 Å². The third-order valence-corrected chi connectivity index (χ3v) is 5.33. The molecule has 1 N–H and O–H groups in total. The Kier molecular flexibility index (Phi) is 4.39. The predicted molar refractivity (Wildman–Crippen MR) is 101 cm³/mol. The Bertz CT molecular complexity index is 796. The zero-order chi connectivity index (χ0) is 18.3. The molecule has 140 valence electrons. The van der Waals surface area contributed by atoms with Crippen molar-refractivity contribution in [2.75, 3.05) is 26.3 Å². The first-order valence-corrected chi connectivity index (χ1v) is 9.54. The van der Waals surface area contributed by atoms with Crippen molar-refractivity contribution in [3.63, 3.8) is 0 Å². The molecule has 2 aromatic rings. The average molecular weight is 356 g/mol. The molecule has 2 aliphatic heterocycles. The average Bonchev–Trinajstić information content (AvgIpc) is 2.94. The first-order valence-electron chi connectivity index (χ1n) is 9.54. The summed E-state index contributed by atoms with van der Waals surface area (Å²) in [5.41, 5.74) is 2.15. The lowest BCUT2D eigenvalue weighted by Crippen LogP contribution is -2.56. The number of carbonyl (C=O) groups is 1. The number of hydrogen-bond donors (Lipinski definition) is 1. The van der Waals surface area contributed by atoms with Gasteiger partial charge in [-0.15, -0.1) is 0 Å². The van der Waals surface area contributed by atoms with Gasteiger partial charge in [-0.1, -0.05) is 32.9 Å². The molecule has 2 fully saturated rings. The minimum atomic E-state index is -0.0379. The Hall–Kier alpha value is -2.08. The normalized spacial score (nSPS) is 19.6. The van der Waals surface area contributed by atoms with Crippen molar-refractivity contribution in [2.24, 2.45) is 0 Å². The molecule has 0 saturated carbocycles. The number of benzene rings is 1. The lowest BCUT2D eigenvalue weighted by molar-refractivity contribution is 0.0730. The highest BCUT2D eigenvalue weighted by Gasteiger charge is 2.36. The van der Waals surface area contributed by atoms with Gasteiger partial charge in [-0.05, 0) is 25.0 Å². The summed E-state index contributed by atoms with van der Waals surface area (Å²) >= 11 is 0. The smallest absolute Gasteiger partial charge is 0.317 e. The second kappa shape index (κ2) is 6.58. The van der Waals surface area contributed by atoms with E-state index < -0.39 is 0 Å². The molecule has 2 amide bonds. The van der Waals surface area contributed by atoms with E-state index in [1.165, 1.54) is 0 Å². The van der Waals surface area contributed by atoms with Gasteiger partial charge in [0.1, 0.15) is 5.82 Å². The summed E-state index contributed by atoms with van der Waals surface area (Å²) in [5, 5.41) is 3.15. The molecule has 1 aromatic heterocycles. The molecule has 0 atom stereocenters. The van der Waals surface area contributed by atoms with E-state index in [0.717, 1.165) is 56.0 Å². The third kappa shape index (κ3) is 3.18. The summed E-state index contributed by atoms with van der Waals surface area (Å²) < 4.78 is 7.70. The van der Waals surface area contributed by atoms with Crippen molar-refractivity contribution >= 4 is 17.1 Å². The molecule has 0 bridgehead atoms. The Morgan fingerprint density at radius 3 is 2.58 bits per heavy atom. The molecule has 0 spiro atoms. The Labute approximate surface area is 154 Å². The second-order valence-corrected chi connectivity index (χ2v) is 8.44. The lowest BCUT2D eigenvalue weighted by Gasteiger charge is -2.42. The van der Waals surface area contributed by atoms with Crippen molar-refractivity contribution < 1.29 is 9.53 Å². The number of carbonyl (C=O) groups excluding carboxylic acids is 1. The molecule has 4 rings (SSSR count). The summed E-state index contributed by atoms with van der Waals surface area (Å²) in [6.45, 7) is 9.53. The zero-order valence-electron chi connectivity index (χ0n) is 15.9. The van der Waals surface area contributed by atoms with E-state index in [2.05, 4.69) is 48.9 Å². The van der Waals surface area contributed by atoms with Crippen LogP contribution in [0.25, 0.3) is 11.0 Å². The number of likely N-dealkylation sites (tertiary alicyclic amines) is 1. The highest BCUT2D eigenvalue weighted by Crippen LogP contribution is 2.33. The van der Waals surface area contributed by atoms with Crippen LogP contribution in [0.3, 0.4) is 0 Å². The minimum absolute atomic E-state index is 0.0379. The van der Waals surface area contributed by atoms with Crippen molar-refractivity contribution in [2.45, 2.75) is 51.1 Å². The van der Waals surface area contributed by atoms with E-state index in [9.17, 15) is 4.79 Å². The molecule has 26 heavy (non-hydrogen) atoms. The predicted octanol–water partition coefficient (Wildman–Crippen LogP) is 3.08. The molecule has 0 aliphatic carbocycles. The fraction of sp³-hybridized carbons (Fsp3) is 0.600. The number of rotatable bonds is 2. The van der Waals surface area contributed by atoms with Gasteiger partial charge >= 0.3 is 6.03 Å². The summed E-state index contributed by atoms with van der Waals surface area (Å²) in [7, 11) is 0. The number of nitrogens with zero attached hydrogens (tertiary/aromatic N) is 3. The molecule has 0 radical (unpaired) electrons. The van der Waals surface area contributed by atoms with Gasteiger partial charge in [0.25, 0.3) is 0 Å². The number of hydrogen-bond acceptors (Lipinski definition) is 3. The maximum atomic E-state index is 12.5. The van der Waals surface area contributed by atoms with E-state index >= 15 is 0 Å². The standard InChI is InChI=1S/C20H28N4O2/c1-20(2,3)18-22-16-6-4-5-7-17(16)24(18)15-12-23(13-15)19(25)21-14-8-10-26-11-9-14/h4-7,14-15H,8-13H2,1-3H3,(H,21,25). The highest BCUT2D eigenvalue weighted by molar-refractivity contribution is 5.78. The molecule has 6 nitrogen and oxygen atoms in total. The summed E-state index contributed by atoms with van der Waals surface area (Å²) in [4.78, 5) is 19.3. The molecular formula is C20H28N4O2. The zero-order valence-corrected chi connectivity index (χ0v) is 15.9. The second-order valence-electron chi connectivity index (χ2n) is 8.44. The Morgan fingerprint density at radius 2 is 1.88 bits per heavy atom. The largest absolute Gasteiger partial charge is 0.381 e. The van der Waals surface area contributed by atoms with Gasteiger partial charge in [0.2, 0.25) is 0 Å². The molecule has 0 unspecified atom stereocenters. The number of imidazole rings is 1. The van der Waals surface area contributed by atoms with Crippen LogP contribution in [0.5, 0.6) is 0 Å². The number of fused-ring (bicyclic) bond motifs is 1. The lowest BCUT2D eigenvalue weighted by atomic mass is 9.94. The summed E-state index contributed by atoms with van der Waals surface area (Å²) in [6, 6.07) is 8.86. The molecule has 2 aliphatic rings. The van der Waals surface area contributed by atoms with Gasteiger partial charge in [0.05, 0.1) is 17.1 Å². The number of urea groups is 1. The number of nitrogens with one attached hydrogen (secondary N) is 1. The third-order valence-electron chi connectivity index (χ3n) is 5.33. The van der Waals surface area contributed by atoms with Crippen LogP contribution in [0.15, 0.2) is 24.3 Å². The Balaban J connectivity index is 1.49. The van der Waals surface area contributed by atoms with Crippen molar-refractivity contribution in [3.8, 4) is 0 Å². The maximum absolute atomic E-state index is 12.5. The monoisotopic (exact) mass is 356 g/mol. The number of para-hydroxylation sites is 2. The first-order chi connectivity index (χ1) is 12.4. The van der Waals surface area contributed by atoms with Gasteiger partial charge in [-0.3, -0.25) is 0 Å². The number of aromatic nitrogens is 2. The quantitative estimate of drug-likeness (QED) is 0.900. The topological polar surface area (TPSA) is 59.4 Å². The van der Waals surface area contributed by atoms with Crippen molar-refractivity contribution in [1.82, 2.24) is 19.8 Å². The number of ether oxygens (including phenoxy) is 1. The molecular weight excluding hydrogens is 328 g/mol. The summed E-state index contributed by atoms with van der Waals surface area (Å²) in [5.74, 6) is 1.09. The first kappa shape index (κ1) is 17.3. The molecule has 2 saturated heterocycles. The van der Waals surface area contributed by atoms with E-state index in [1.54, 1.807) is 0 Å². The molecule has 6 heteroatoms. The van der Waals surface area contributed by atoms with Crippen LogP contribution in [0.4, 0.5) is 4.79 Å². The summed E-state index contributed by atoms with van der Waals surface area (Å²) in [6.07, 6.45) is 1.81. The van der Waals surface area contributed by atoms with Crippen molar-refractivity contribution in [1.29, 1.82) is 0 Å². The van der Waals surface area contributed by atoms with Crippen LogP contribution in [0, 0.1) is 0 Å². The Morgan fingerprint density at radius 1 is 1.19 bits per heavy atom. The molecule has 1 aromatic carbocycles. The fourth-order valence-corrected chi connectivity index (χ4v) is 3.84. The van der Waals surface area contributed by atoms with Crippen LogP contribution >= 0.6 is 0 Å². The number of amides is 2. The van der Waals surface area contributed by atoms with E-state index in [0.29, 0.717) is 0 Å². The van der Waals surface area contributed by atoms with E-state index in [-0.39, 0.29) is 23.5 Å². The molecule has 3 heterocycles. The van der Waals surface area contributed by atoms with Crippen LogP contribution in [-0.4, -0.2) is 52.8 Å².